The third-order valence-electron chi connectivity index (χ3n) is 2.43. The molecule has 7 nitrogen and oxygen atoms in total. The minimum Gasteiger partial charge on any atom is -0.467 e. The summed E-state index contributed by atoms with van der Waals surface area (Å²) in [6, 6.07) is 0. The number of aliphatic hydroxyl groups is 1. The van der Waals surface area contributed by atoms with E-state index in [1.54, 1.807) is 0 Å². The van der Waals surface area contributed by atoms with Gasteiger partial charge in [-0.3, -0.25) is 4.79 Å². The first-order valence-electron chi connectivity index (χ1n) is 4.90. The van der Waals surface area contributed by atoms with Crippen LogP contribution < -0.4 is 11.1 Å². The Morgan fingerprint density at radius 1 is 1.69 bits per heavy atom. The van der Waals surface area contributed by atoms with Crippen molar-refractivity contribution in [2.75, 3.05) is 26.9 Å². The van der Waals surface area contributed by atoms with E-state index in [9.17, 15) is 14.7 Å². The number of methoxy groups -OCH3 is 1. The van der Waals surface area contributed by atoms with E-state index in [0.29, 0.717) is 13.0 Å². The molecule has 1 heterocycles. The fourth-order valence-electron chi connectivity index (χ4n) is 1.34. The summed E-state index contributed by atoms with van der Waals surface area (Å²) in [5.74, 6) is -1.23. The highest BCUT2D eigenvalue weighted by Gasteiger charge is 2.38. The lowest BCUT2D eigenvalue weighted by Crippen LogP contribution is -2.56. The molecule has 0 aromatic carbocycles. The van der Waals surface area contributed by atoms with Crippen molar-refractivity contribution in [3.05, 3.63) is 0 Å². The number of nitrogens with one attached hydrogen (secondary N) is 1. The minimum atomic E-state index is -1.38. The second-order valence-corrected chi connectivity index (χ2v) is 3.71. The molecule has 0 bridgehead atoms. The van der Waals surface area contributed by atoms with Crippen LogP contribution in [0.3, 0.4) is 0 Å². The number of rotatable bonds is 4. The maximum atomic E-state index is 11.6. The average Bonchev–Trinajstić information content (AvgIpc) is 2.72. The van der Waals surface area contributed by atoms with E-state index >= 15 is 0 Å². The summed E-state index contributed by atoms with van der Waals surface area (Å²) in [5, 5.41) is 11.6. The van der Waals surface area contributed by atoms with E-state index in [2.05, 4.69) is 10.1 Å². The van der Waals surface area contributed by atoms with Gasteiger partial charge < -0.3 is 25.6 Å². The number of aliphatic hydroxyl groups excluding tert-OH is 1. The Labute approximate surface area is 92.9 Å². The van der Waals surface area contributed by atoms with Crippen molar-refractivity contribution in [3.63, 3.8) is 0 Å². The first-order chi connectivity index (χ1) is 7.49. The Morgan fingerprint density at radius 3 is 2.88 bits per heavy atom. The van der Waals surface area contributed by atoms with Gasteiger partial charge in [-0.25, -0.2) is 4.79 Å². The number of hydrogen-bond donors (Lipinski definition) is 3. The molecule has 2 atom stereocenters. The molecule has 1 aliphatic heterocycles. The summed E-state index contributed by atoms with van der Waals surface area (Å²) in [7, 11) is 1.16. The summed E-state index contributed by atoms with van der Waals surface area (Å²) < 4.78 is 9.32. The molecule has 0 aromatic rings. The third kappa shape index (κ3) is 2.91. The number of carbonyl (C=O) groups is 2. The predicted octanol–water partition coefficient (Wildman–Crippen LogP) is -2.25. The van der Waals surface area contributed by atoms with Crippen LogP contribution in [-0.4, -0.2) is 55.5 Å². The molecule has 0 radical (unpaired) electrons. The Hall–Kier alpha value is -1.18. The highest BCUT2D eigenvalue weighted by Crippen LogP contribution is 2.15. The molecular weight excluding hydrogens is 216 g/mol. The van der Waals surface area contributed by atoms with Crippen LogP contribution in [0, 0.1) is 0 Å². The Balaban J connectivity index is 2.37. The summed E-state index contributed by atoms with van der Waals surface area (Å²) in [5.41, 5.74) is 4.70. The second kappa shape index (κ2) is 5.24. The molecule has 1 rings (SSSR count). The predicted molar refractivity (Wildman–Crippen MR) is 53.4 cm³/mol. The number of ether oxygens (including phenoxy) is 2. The largest absolute Gasteiger partial charge is 0.467 e. The van der Waals surface area contributed by atoms with E-state index < -0.39 is 23.5 Å². The van der Waals surface area contributed by atoms with Gasteiger partial charge in [0.15, 0.2) is 6.10 Å². The molecule has 92 valence electrons. The first kappa shape index (κ1) is 12.9. The van der Waals surface area contributed by atoms with Crippen molar-refractivity contribution in [2.45, 2.75) is 18.1 Å². The van der Waals surface area contributed by atoms with Gasteiger partial charge >= 0.3 is 5.97 Å². The van der Waals surface area contributed by atoms with Crippen molar-refractivity contribution < 1.29 is 24.2 Å². The number of esters is 1. The summed E-state index contributed by atoms with van der Waals surface area (Å²) in [4.78, 5) is 22.4. The molecule has 1 fully saturated rings. The summed E-state index contributed by atoms with van der Waals surface area (Å²) >= 11 is 0. The molecule has 7 heteroatoms. The number of nitrogens with two attached hydrogens (primary N) is 1. The molecular formula is C9H16N2O5. The van der Waals surface area contributed by atoms with Gasteiger partial charge in [-0.05, 0) is 6.42 Å². The zero-order valence-corrected chi connectivity index (χ0v) is 9.06. The number of hydrogen-bond acceptors (Lipinski definition) is 6. The molecule has 0 saturated carbocycles. The topological polar surface area (TPSA) is 111 Å². The van der Waals surface area contributed by atoms with Crippen molar-refractivity contribution in [2.24, 2.45) is 5.73 Å². The third-order valence-corrected chi connectivity index (χ3v) is 2.43. The van der Waals surface area contributed by atoms with Crippen LogP contribution in [0.4, 0.5) is 0 Å². The van der Waals surface area contributed by atoms with Crippen LogP contribution in [0.5, 0.6) is 0 Å². The first-order valence-corrected chi connectivity index (χ1v) is 4.90. The van der Waals surface area contributed by atoms with Crippen LogP contribution in [0.25, 0.3) is 0 Å². The molecule has 1 aliphatic rings. The summed E-state index contributed by atoms with van der Waals surface area (Å²) in [6.45, 7) is 0.362. The molecule has 2 unspecified atom stereocenters. The molecule has 4 N–H and O–H groups in total. The van der Waals surface area contributed by atoms with E-state index in [4.69, 9.17) is 10.5 Å². The second-order valence-electron chi connectivity index (χ2n) is 3.71. The van der Waals surface area contributed by atoms with E-state index in [-0.39, 0.29) is 13.2 Å². The van der Waals surface area contributed by atoms with E-state index in [1.165, 1.54) is 0 Å². The van der Waals surface area contributed by atoms with Gasteiger partial charge in [0.2, 0.25) is 5.91 Å². The van der Waals surface area contributed by atoms with E-state index in [1.807, 2.05) is 0 Å². The van der Waals surface area contributed by atoms with Crippen molar-refractivity contribution >= 4 is 11.9 Å². The fraction of sp³-hybridized carbons (Fsp3) is 0.778. The summed E-state index contributed by atoms with van der Waals surface area (Å²) in [6.07, 6.45) is -0.951. The maximum absolute atomic E-state index is 11.6. The normalized spacial score (nSPS) is 26.2. The number of carbonyl (C=O) groups excluding carboxylic acids is 2. The monoisotopic (exact) mass is 232 g/mol. The molecule has 0 aromatic heterocycles. The molecule has 16 heavy (non-hydrogen) atoms. The van der Waals surface area contributed by atoms with Crippen LogP contribution in [0.1, 0.15) is 6.42 Å². The fourth-order valence-corrected chi connectivity index (χ4v) is 1.34. The highest BCUT2D eigenvalue weighted by molar-refractivity contribution is 5.87. The minimum absolute atomic E-state index is 0.146. The van der Waals surface area contributed by atoms with Gasteiger partial charge in [-0.15, -0.1) is 0 Å². The van der Waals surface area contributed by atoms with Gasteiger partial charge in [-0.1, -0.05) is 0 Å². The molecule has 1 amide bonds. The van der Waals surface area contributed by atoms with Crippen molar-refractivity contribution in [3.8, 4) is 0 Å². The molecule has 1 saturated heterocycles. The van der Waals surface area contributed by atoms with Crippen molar-refractivity contribution in [1.29, 1.82) is 0 Å². The maximum Gasteiger partial charge on any atom is 0.336 e. The lowest BCUT2D eigenvalue weighted by atomic mass is 9.99. The SMILES string of the molecule is COC(=O)C(O)CNC(=O)C1(N)CCOC1. The quantitative estimate of drug-likeness (QED) is 0.472. The van der Waals surface area contributed by atoms with Gasteiger partial charge in [0.1, 0.15) is 5.54 Å². The van der Waals surface area contributed by atoms with Crippen LogP contribution >= 0.6 is 0 Å². The van der Waals surface area contributed by atoms with E-state index in [0.717, 1.165) is 7.11 Å². The van der Waals surface area contributed by atoms with Gasteiger partial charge in [0.25, 0.3) is 0 Å². The number of amides is 1. The lowest BCUT2D eigenvalue weighted by Gasteiger charge is -2.21. The smallest absolute Gasteiger partial charge is 0.336 e. The lowest BCUT2D eigenvalue weighted by molar-refractivity contribution is -0.150. The zero-order chi connectivity index (χ0) is 12.2. The molecule has 0 spiro atoms. The standard InChI is InChI=1S/C9H16N2O5/c1-15-7(13)6(12)4-11-8(14)9(10)2-3-16-5-9/h6,12H,2-5,10H2,1H3,(H,11,14). The Morgan fingerprint density at radius 2 is 2.38 bits per heavy atom. The van der Waals surface area contributed by atoms with Crippen LogP contribution in [0.15, 0.2) is 0 Å². The molecule has 0 aliphatic carbocycles. The zero-order valence-electron chi connectivity index (χ0n) is 9.06. The Kier molecular flexibility index (Phi) is 4.22. The van der Waals surface area contributed by atoms with Crippen LogP contribution in [0.2, 0.25) is 0 Å². The highest BCUT2D eigenvalue weighted by atomic mass is 16.5. The van der Waals surface area contributed by atoms with Crippen molar-refractivity contribution in [1.82, 2.24) is 5.32 Å². The van der Waals surface area contributed by atoms with Gasteiger partial charge in [0.05, 0.1) is 20.3 Å². The van der Waals surface area contributed by atoms with Gasteiger partial charge in [-0.2, -0.15) is 0 Å². The van der Waals surface area contributed by atoms with Gasteiger partial charge in [0, 0.05) is 6.61 Å². The van der Waals surface area contributed by atoms with Crippen LogP contribution in [-0.2, 0) is 19.1 Å². The Bertz CT molecular complexity index is 275. The average molecular weight is 232 g/mol.